The fourth-order valence-corrected chi connectivity index (χ4v) is 2.00. The second kappa shape index (κ2) is 6.47. The van der Waals surface area contributed by atoms with Gasteiger partial charge in [0.05, 0.1) is 6.54 Å². The molecular formula is C15H22N6. The van der Waals surface area contributed by atoms with E-state index < -0.39 is 0 Å². The molecule has 6 nitrogen and oxygen atoms in total. The van der Waals surface area contributed by atoms with E-state index in [1.54, 1.807) is 0 Å². The maximum atomic E-state index is 4.49. The number of rotatable bonds is 5. The Hall–Kier alpha value is -2.24. The lowest BCUT2D eigenvalue weighted by molar-refractivity contribution is 0.888. The quantitative estimate of drug-likeness (QED) is 0.908. The highest BCUT2D eigenvalue weighted by molar-refractivity contribution is 5.43. The third kappa shape index (κ3) is 4.11. The van der Waals surface area contributed by atoms with Gasteiger partial charge >= 0.3 is 0 Å². The van der Waals surface area contributed by atoms with E-state index in [0.29, 0.717) is 12.5 Å². The highest BCUT2D eigenvalue weighted by Crippen LogP contribution is 2.13. The van der Waals surface area contributed by atoms with Crippen molar-refractivity contribution in [3.8, 4) is 0 Å². The molecule has 1 N–H and O–H groups in total. The molecule has 0 aliphatic carbocycles. The summed E-state index contributed by atoms with van der Waals surface area (Å²) >= 11 is 0. The lowest BCUT2D eigenvalue weighted by Crippen LogP contribution is -2.15. The first-order chi connectivity index (χ1) is 9.97. The highest BCUT2D eigenvalue weighted by atomic mass is 15.2. The highest BCUT2D eigenvalue weighted by Gasteiger charge is 2.06. The summed E-state index contributed by atoms with van der Waals surface area (Å²) in [6.07, 6.45) is 0.873. The molecular weight excluding hydrogens is 264 g/mol. The Bertz CT molecular complexity index is 603. The maximum Gasteiger partial charge on any atom is 0.226 e. The number of hydrogen-bond donors (Lipinski definition) is 1. The van der Waals surface area contributed by atoms with Gasteiger partial charge in [-0.05, 0) is 26.3 Å². The fourth-order valence-electron chi connectivity index (χ4n) is 2.00. The zero-order valence-corrected chi connectivity index (χ0v) is 13.3. The minimum Gasteiger partial charge on any atom is -0.363 e. The van der Waals surface area contributed by atoms with Gasteiger partial charge < -0.3 is 10.2 Å². The van der Waals surface area contributed by atoms with Crippen LogP contribution in [0.2, 0.25) is 0 Å². The van der Waals surface area contributed by atoms with E-state index in [0.717, 1.165) is 35.1 Å². The van der Waals surface area contributed by atoms with Gasteiger partial charge in [0.2, 0.25) is 5.95 Å². The second-order valence-corrected chi connectivity index (χ2v) is 5.21. The topological polar surface area (TPSA) is 66.8 Å². The number of anilines is 2. The minimum atomic E-state index is 0.551. The molecule has 0 aromatic carbocycles. The Balaban J connectivity index is 2.17. The van der Waals surface area contributed by atoms with Crippen LogP contribution in [0.5, 0.6) is 0 Å². The molecule has 0 aliphatic heterocycles. The Morgan fingerprint density at radius 3 is 2.24 bits per heavy atom. The Morgan fingerprint density at radius 1 is 1.00 bits per heavy atom. The number of hydrogen-bond acceptors (Lipinski definition) is 6. The van der Waals surface area contributed by atoms with Crippen molar-refractivity contribution in [3.63, 3.8) is 0 Å². The first kappa shape index (κ1) is 15.2. The second-order valence-electron chi connectivity index (χ2n) is 5.21. The van der Waals surface area contributed by atoms with Gasteiger partial charge in [-0.3, -0.25) is 0 Å². The summed E-state index contributed by atoms with van der Waals surface area (Å²) in [5, 5.41) is 3.28. The van der Waals surface area contributed by atoms with Crippen LogP contribution in [-0.2, 0) is 13.0 Å². The molecule has 0 bridgehead atoms. The maximum absolute atomic E-state index is 4.49. The Kier molecular flexibility index (Phi) is 4.67. The van der Waals surface area contributed by atoms with Crippen molar-refractivity contribution in [2.75, 3.05) is 24.3 Å². The van der Waals surface area contributed by atoms with E-state index in [2.05, 4.69) is 32.2 Å². The first-order valence-corrected chi connectivity index (χ1v) is 7.08. The van der Waals surface area contributed by atoms with Crippen LogP contribution in [-0.4, -0.2) is 34.0 Å². The van der Waals surface area contributed by atoms with Gasteiger partial charge in [0.1, 0.15) is 11.6 Å². The molecule has 0 radical (unpaired) electrons. The van der Waals surface area contributed by atoms with Crippen molar-refractivity contribution in [2.24, 2.45) is 0 Å². The zero-order valence-electron chi connectivity index (χ0n) is 13.3. The van der Waals surface area contributed by atoms with Crippen LogP contribution in [0.1, 0.15) is 29.8 Å². The van der Waals surface area contributed by atoms with Crippen LogP contribution in [0, 0.1) is 13.8 Å². The van der Waals surface area contributed by atoms with E-state index in [4.69, 9.17) is 0 Å². The zero-order chi connectivity index (χ0) is 15.4. The van der Waals surface area contributed by atoms with Crippen molar-refractivity contribution >= 4 is 11.8 Å². The van der Waals surface area contributed by atoms with E-state index in [1.165, 1.54) is 0 Å². The molecule has 2 rings (SSSR count). The molecule has 112 valence electrons. The van der Waals surface area contributed by atoms with Crippen molar-refractivity contribution in [2.45, 2.75) is 33.7 Å². The van der Waals surface area contributed by atoms with Crippen molar-refractivity contribution in [3.05, 3.63) is 35.0 Å². The monoisotopic (exact) mass is 286 g/mol. The normalized spacial score (nSPS) is 10.5. The first-order valence-electron chi connectivity index (χ1n) is 7.08. The van der Waals surface area contributed by atoms with Gasteiger partial charge in [0.25, 0.3) is 0 Å². The van der Waals surface area contributed by atoms with Crippen molar-refractivity contribution in [1.29, 1.82) is 0 Å². The van der Waals surface area contributed by atoms with Gasteiger partial charge in [-0.2, -0.15) is 4.98 Å². The van der Waals surface area contributed by atoms with Crippen LogP contribution in [0.3, 0.4) is 0 Å². The number of aromatic nitrogens is 4. The van der Waals surface area contributed by atoms with E-state index in [-0.39, 0.29) is 0 Å². The fraction of sp³-hybridized carbons (Fsp3) is 0.467. The van der Waals surface area contributed by atoms with Crippen LogP contribution >= 0.6 is 0 Å². The number of aryl methyl sites for hydroxylation is 3. The predicted molar refractivity (Wildman–Crippen MR) is 84.6 cm³/mol. The summed E-state index contributed by atoms with van der Waals surface area (Å²) in [6.45, 7) is 6.58. The molecule has 0 unspecified atom stereocenters. The van der Waals surface area contributed by atoms with Gasteiger partial charge in [-0.15, -0.1) is 0 Å². The average Bonchev–Trinajstić information content (AvgIpc) is 2.43. The summed E-state index contributed by atoms with van der Waals surface area (Å²) in [5.74, 6) is 2.28. The van der Waals surface area contributed by atoms with Crippen LogP contribution < -0.4 is 10.2 Å². The Labute approximate surface area is 125 Å². The lowest BCUT2D eigenvalue weighted by atomic mass is 10.3. The molecule has 2 heterocycles. The smallest absolute Gasteiger partial charge is 0.226 e. The third-order valence-corrected chi connectivity index (χ3v) is 2.99. The number of nitrogens with zero attached hydrogens (tertiary/aromatic N) is 5. The van der Waals surface area contributed by atoms with Gasteiger partial charge in [-0.25, -0.2) is 15.0 Å². The summed E-state index contributed by atoms with van der Waals surface area (Å²) in [6, 6.07) is 3.93. The Morgan fingerprint density at radius 2 is 1.67 bits per heavy atom. The molecule has 2 aromatic rings. The predicted octanol–water partition coefficient (Wildman–Crippen LogP) is 2.12. The van der Waals surface area contributed by atoms with E-state index in [1.807, 2.05) is 45.0 Å². The lowest BCUT2D eigenvalue weighted by Gasteiger charge is -2.14. The number of nitrogens with one attached hydrogen (secondary N) is 1. The van der Waals surface area contributed by atoms with E-state index >= 15 is 0 Å². The largest absolute Gasteiger partial charge is 0.363 e. The van der Waals surface area contributed by atoms with E-state index in [9.17, 15) is 0 Å². The third-order valence-electron chi connectivity index (χ3n) is 2.99. The van der Waals surface area contributed by atoms with Gasteiger partial charge in [0, 0.05) is 37.2 Å². The summed E-state index contributed by atoms with van der Waals surface area (Å²) in [7, 11) is 3.87. The molecule has 2 aromatic heterocycles. The standard InChI is InChI=1S/C15H22N6/c1-6-12-8-13(20-15(19-12)21(4)5)16-9-14-17-10(2)7-11(3)18-14/h7-8H,6,9H2,1-5H3,(H,16,19,20). The molecule has 0 aliphatic rings. The molecule has 0 fully saturated rings. The molecule has 0 amide bonds. The summed E-state index contributed by atoms with van der Waals surface area (Å²) in [5.41, 5.74) is 2.97. The van der Waals surface area contributed by atoms with Gasteiger partial charge in [-0.1, -0.05) is 6.92 Å². The van der Waals surface area contributed by atoms with Crippen LogP contribution in [0.15, 0.2) is 12.1 Å². The molecule has 21 heavy (non-hydrogen) atoms. The SMILES string of the molecule is CCc1cc(NCc2nc(C)cc(C)n2)nc(N(C)C)n1. The molecule has 6 heteroatoms. The summed E-state index contributed by atoms with van der Waals surface area (Å²) < 4.78 is 0. The summed E-state index contributed by atoms with van der Waals surface area (Å²) in [4.78, 5) is 19.7. The molecule has 0 atom stereocenters. The van der Waals surface area contributed by atoms with Crippen molar-refractivity contribution < 1.29 is 0 Å². The van der Waals surface area contributed by atoms with Gasteiger partial charge in [0.15, 0.2) is 0 Å². The van der Waals surface area contributed by atoms with Crippen LogP contribution in [0.25, 0.3) is 0 Å². The van der Waals surface area contributed by atoms with Crippen molar-refractivity contribution in [1.82, 2.24) is 19.9 Å². The molecule has 0 saturated heterocycles. The van der Waals surface area contributed by atoms with Crippen LogP contribution in [0.4, 0.5) is 11.8 Å². The molecule has 0 spiro atoms. The average molecular weight is 286 g/mol. The minimum absolute atomic E-state index is 0.551. The molecule has 0 saturated carbocycles.